The quantitative estimate of drug-likeness (QED) is 0.894. The molecule has 1 aliphatic heterocycles. The van der Waals surface area contributed by atoms with E-state index in [0.29, 0.717) is 25.1 Å². The van der Waals surface area contributed by atoms with Crippen LogP contribution in [-0.4, -0.2) is 18.5 Å². The van der Waals surface area contributed by atoms with Crippen LogP contribution in [0.5, 0.6) is 0 Å². The molecule has 130 valence electrons. The van der Waals surface area contributed by atoms with Gasteiger partial charge in [0.15, 0.2) is 0 Å². The summed E-state index contributed by atoms with van der Waals surface area (Å²) >= 11 is 0. The Morgan fingerprint density at radius 3 is 2.60 bits per heavy atom. The highest BCUT2D eigenvalue weighted by molar-refractivity contribution is 5.97. The van der Waals surface area contributed by atoms with E-state index in [1.165, 1.54) is 17.0 Å². The largest absolute Gasteiger partial charge is 0.351 e. The summed E-state index contributed by atoms with van der Waals surface area (Å²) in [6.45, 7) is 2.47. The molecule has 0 bridgehead atoms. The van der Waals surface area contributed by atoms with Gasteiger partial charge in [0.05, 0.1) is 5.92 Å². The molecule has 0 spiro atoms. The molecule has 0 fully saturated rings. The third kappa shape index (κ3) is 3.47. The normalized spacial score (nSPS) is 14.1. The molecule has 3 rings (SSSR count). The predicted octanol–water partition coefficient (Wildman–Crippen LogP) is 3.40. The fourth-order valence-electron chi connectivity index (χ4n) is 3.21. The number of carbonyl (C=O) groups is 2. The summed E-state index contributed by atoms with van der Waals surface area (Å²) in [4.78, 5) is 25.5. The molecule has 0 saturated heterocycles. The summed E-state index contributed by atoms with van der Waals surface area (Å²) in [7, 11) is 0. The maximum absolute atomic E-state index is 13.1. The van der Waals surface area contributed by atoms with E-state index < -0.39 is 6.03 Å². The second-order valence-corrected chi connectivity index (χ2v) is 6.09. The summed E-state index contributed by atoms with van der Waals surface area (Å²) in [6.07, 6.45) is 1.31. The van der Waals surface area contributed by atoms with Crippen LogP contribution in [0.25, 0.3) is 0 Å². The van der Waals surface area contributed by atoms with Gasteiger partial charge in [-0.2, -0.15) is 0 Å². The lowest BCUT2D eigenvalue weighted by molar-refractivity contribution is -0.117. The second-order valence-electron chi connectivity index (χ2n) is 6.09. The van der Waals surface area contributed by atoms with Crippen LogP contribution in [0.3, 0.4) is 0 Å². The standard InChI is InChI=1S/C19H20FN3O2/c1-2-16(12-3-5-14(20)6-4-12)18(24)22-15-7-8-17-13(11-15)9-10-23(17)19(21)25/h3-8,11,16H,2,9-10H2,1H3,(H2,21,25)(H,22,24)/t16-/m0/s1. The molecule has 0 aliphatic carbocycles. The Bertz CT molecular complexity index is 805. The van der Waals surface area contributed by atoms with E-state index in [-0.39, 0.29) is 17.6 Å². The minimum Gasteiger partial charge on any atom is -0.351 e. The molecule has 3 amide bonds. The van der Waals surface area contributed by atoms with Gasteiger partial charge in [-0.05, 0) is 54.3 Å². The lowest BCUT2D eigenvalue weighted by Gasteiger charge is -2.17. The van der Waals surface area contributed by atoms with Gasteiger partial charge in [0.2, 0.25) is 5.91 Å². The van der Waals surface area contributed by atoms with Crippen molar-refractivity contribution in [2.24, 2.45) is 5.73 Å². The van der Waals surface area contributed by atoms with Crippen LogP contribution in [0.1, 0.15) is 30.4 Å². The third-order valence-electron chi connectivity index (χ3n) is 4.51. The number of primary amides is 1. The molecule has 6 heteroatoms. The van der Waals surface area contributed by atoms with Gasteiger partial charge in [-0.3, -0.25) is 9.69 Å². The zero-order valence-corrected chi connectivity index (χ0v) is 14.0. The number of rotatable bonds is 4. The number of benzene rings is 2. The first-order chi connectivity index (χ1) is 12.0. The van der Waals surface area contributed by atoms with Gasteiger partial charge in [0, 0.05) is 17.9 Å². The topological polar surface area (TPSA) is 75.4 Å². The van der Waals surface area contributed by atoms with Gasteiger partial charge < -0.3 is 11.1 Å². The van der Waals surface area contributed by atoms with Crippen LogP contribution in [0.2, 0.25) is 0 Å². The molecule has 3 N–H and O–H groups in total. The molecule has 25 heavy (non-hydrogen) atoms. The summed E-state index contributed by atoms with van der Waals surface area (Å²) in [6, 6.07) is 10.9. The summed E-state index contributed by atoms with van der Waals surface area (Å²) < 4.78 is 13.1. The van der Waals surface area contributed by atoms with Crippen LogP contribution in [0.4, 0.5) is 20.6 Å². The number of fused-ring (bicyclic) bond motifs is 1. The molecule has 5 nitrogen and oxygen atoms in total. The zero-order chi connectivity index (χ0) is 18.0. The number of carbonyl (C=O) groups excluding carboxylic acids is 2. The van der Waals surface area contributed by atoms with Gasteiger partial charge in [0.1, 0.15) is 5.82 Å². The van der Waals surface area contributed by atoms with Crippen molar-refractivity contribution in [1.82, 2.24) is 0 Å². The lowest BCUT2D eigenvalue weighted by Crippen LogP contribution is -2.33. The molecule has 2 aromatic carbocycles. The first-order valence-electron chi connectivity index (χ1n) is 8.26. The first-order valence-corrected chi connectivity index (χ1v) is 8.26. The van der Waals surface area contributed by atoms with E-state index in [0.717, 1.165) is 16.8 Å². The molecule has 2 aromatic rings. The van der Waals surface area contributed by atoms with Crippen LogP contribution in [0.15, 0.2) is 42.5 Å². The number of urea groups is 1. The van der Waals surface area contributed by atoms with E-state index in [1.54, 1.807) is 24.3 Å². The zero-order valence-electron chi connectivity index (χ0n) is 14.0. The van der Waals surface area contributed by atoms with Crippen LogP contribution in [0, 0.1) is 5.82 Å². The minimum atomic E-state index is -0.474. The van der Waals surface area contributed by atoms with Crippen LogP contribution >= 0.6 is 0 Å². The predicted molar refractivity (Wildman–Crippen MR) is 95.1 cm³/mol. The molecular formula is C19H20FN3O2. The van der Waals surface area contributed by atoms with E-state index in [9.17, 15) is 14.0 Å². The van der Waals surface area contributed by atoms with Crippen molar-refractivity contribution < 1.29 is 14.0 Å². The van der Waals surface area contributed by atoms with Crippen molar-refractivity contribution in [2.75, 3.05) is 16.8 Å². The Labute approximate surface area is 145 Å². The van der Waals surface area contributed by atoms with Crippen molar-refractivity contribution >= 4 is 23.3 Å². The Morgan fingerprint density at radius 1 is 1.24 bits per heavy atom. The average Bonchev–Trinajstić information content (AvgIpc) is 3.00. The molecule has 1 atom stereocenters. The smallest absolute Gasteiger partial charge is 0.319 e. The second kappa shape index (κ2) is 6.93. The number of anilines is 2. The first kappa shape index (κ1) is 17.0. The number of nitrogens with two attached hydrogens (primary N) is 1. The minimum absolute atomic E-state index is 0.140. The fourth-order valence-corrected chi connectivity index (χ4v) is 3.21. The molecule has 1 heterocycles. The molecular weight excluding hydrogens is 321 g/mol. The number of nitrogens with one attached hydrogen (secondary N) is 1. The average molecular weight is 341 g/mol. The van der Waals surface area contributed by atoms with Gasteiger partial charge in [-0.15, -0.1) is 0 Å². The van der Waals surface area contributed by atoms with E-state index in [2.05, 4.69) is 5.32 Å². The Kier molecular flexibility index (Phi) is 4.70. The van der Waals surface area contributed by atoms with E-state index in [4.69, 9.17) is 5.73 Å². The highest BCUT2D eigenvalue weighted by Gasteiger charge is 2.24. The molecule has 0 unspecified atom stereocenters. The fraction of sp³-hybridized carbons (Fsp3) is 0.263. The maximum Gasteiger partial charge on any atom is 0.319 e. The Hall–Kier alpha value is -2.89. The van der Waals surface area contributed by atoms with Crippen LogP contribution < -0.4 is 16.0 Å². The van der Waals surface area contributed by atoms with Crippen molar-refractivity contribution in [2.45, 2.75) is 25.7 Å². The number of hydrogen-bond acceptors (Lipinski definition) is 2. The SMILES string of the molecule is CC[C@H](C(=O)Nc1ccc2c(c1)CCN2C(N)=O)c1ccc(F)cc1. The third-order valence-corrected chi connectivity index (χ3v) is 4.51. The highest BCUT2D eigenvalue weighted by Crippen LogP contribution is 2.31. The van der Waals surface area contributed by atoms with Gasteiger partial charge in [-0.25, -0.2) is 9.18 Å². The van der Waals surface area contributed by atoms with E-state index in [1.807, 2.05) is 13.0 Å². The number of halogens is 1. The molecule has 0 saturated carbocycles. The van der Waals surface area contributed by atoms with Crippen molar-refractivity contribution in [1.29, 1.82) is 0 Å². The van der Waals surface area contributed by atoms with Crippen molar-refractivity contribution in [3.63, 3.8) is 0 Å². The van der Waals surface area contributed by atoms with Crippen LogP contribution in [-0.2, 0) is 11.2 Å². The lowest BCUT2D eigenvalue weighted by atomic mass is 9.95. The van der Waals surface area contributed by atoms with Gasteiger partial charge in [-0.1, -0.05) is 19.1 Å². The Morgan fingerprint density at radius 2 is 1.96 bits per heavy atom. The molecule has 0 radical (unpaired) electrons. The molecule has 0 aromatic heterocycles. The van der Waals surface area contributed by atoms with Gasteiger partial charge >= 0.3 is 6.03 Å². The van der Waals surface area contributed by atoms with Crippen molar-refractivity contribution in [3.8, 4) is 0 Å². The number of amides is 3. The van der Waals surface area contributed by atoms with E-state index >= 15 is 0 Å². The summed E-state index contributed by atoms with van der Waals surface area (Å²) in [5.41, 5.74) is 8.58. The Balaban J connectivity index is 1.76. The van der Waals surface area contributed by atoms with Gasteiger partial charge in [0.25, 0.3) is 0 Å². The number of hydrogen-bond donors (Lipinski definition) is 2. The maximum atomic E-state index is 13.1. The molecule has 1 aliphatic rings. The van der Waals surface area contributed by atoms with Crippen molar-refractivity contribution in [3.05, 3.63) is 59.4 Å². The highest BCUT2D eigenvalue weighted by atomic mass is 19.1. The summed E-state index contributed by atoms with van der Waals surface area (Å²) in [5, 5.41) is 2.91. The monoisotopic (exact) mass is 341 g/mol. The number of nitrogens with zero attached hydrogens (tertiary/aromatic N) is 1. The summed E-state index contributed by atoms with van der Waals surface area (Å²) in [5.74, 6) is -0.813.